The molecule has 2 atom stereocenters. The minimum atomic E-state index is -5.08. The Hall–Kier alpha value is -1.31. The monoisotopic (exact) mass is 269 g/mol. The van der Waals surface area contributed by atoms with Gasteiger partial charge in [-0.25, -0.2) is 4.79 Å². The van der Waals surface area contributed by atoms with E-state index in [1.54, 1.807) is 13.8 Å². The summed E-state index contributed by atoms with van der Waals surface area (Å²) in [6.45, 7) is 3.27. The molecule has 1 aliphatic heterocycles. The fourth-order valence-corrected chi connectivity index (χ4v) is 1.72. The molecule has 1 aliphatic rings. The van der Waals surface area contributed by atoms with Gasteiger partial charge < -0.3 is 9.57 Å². The number of hydrogen-bond acceptors (Lipinski definition) is 5. The molecule has 0 saturated carbocycles. The van der Waals surface area contributed by atoms with Gasteiger partial charge in [-0.3, -0.25) is 4.79 Å². The van der Waals surface area contributed by atoms with Gasteiger partial charge in [0.25, 0.3) is 0 Å². The molecular formula is C10H14F3NO4. The van der Waals surface area contributed by atoms with Crippen LogP contribution in [0.4, 0.5) is 13.2 Å². The highest BCUT2D eigenvalue weighted by atomic mass is 19.4. The van der Waals surface area contributed by atoms with Gasteiger partial charge in [0.1, 0.15) is 6.04 Å². The number of carbonyl (C=O) groups is 2. The Balaban J connectivity index is 2.71. The topological polar surface area (TPSA) is 55.8 Å². The Morgan fingerprint density at radius 1 is 1.33 bits per heavy atom. The Kier molecular flexibility index (Phi) is 4.55. The first-order valence-electron chi connectivity index (χ1n) is 5.51. The molecule has 1 saturated heterocycles. The van der Waals surface area contributed by atoms with Crippen molar-refractivity contribution in [1.29, 1.82) is 0 Å². The highest BCUT2D eigenvalue weighted by Gasteiger charge is 2.47. The second-order valence-electron chi connectivity index (χ2n) is 3.93. The molecule has 5 nitrogen and oxygen atoms in total. The molecule has 1 heterocycles. The number of rotatable bonds is 3. The number of alkyl halides is 3. The molecular weight excluding hydrogens is 255 g/mol. The van der Waals surface area contributed by atoms with Crippen LogP contribution in [0.3, 0.4) is 0 Å². The smallest absolute Gasteiger partial charge is 0.465 e. The maximum absolute atomic E-state index is 12.1. The van der Waals surface area contributed by atoms with Crippen LogP contribution in [0.15, 0.2) is 0 Å². The van der Waals surface area contributed by atoms with Crippen LogP contribution in [0.5, 0.6) is 0 Å². The lowest BCUT2D eigenvalue weighted by molar-refractivity contribution is -0.248. The molecule has 1 rings (SSSR count). The maximum Gasteiger partial charge on any atom is 0.492 e. The molecule has 18 heavy (non-hydrogen) atoms. The van der Waals surface area contributed by atoms with Crippen molar-refractivity contribution in [3.63, 3.8) is 0 Å². The SMILES string of the molecule is CCOC(=O)C1CCC(C)N1OC(=O)C(F)(F)F. The second-order valence-corrected chi connectivity index (χ2v) is 3.93. The number of nitrogens with zero attached hydrogens (tertiary/aromatic N) is 1. The van der Waals surface area contributed by atoms with Gasteiger partial charge in [-0.2, -0.15) is 13.2 Å². The van der Waals surface area contributed by atoms with Gasteiger partial charge in [0, 0.05) is 6.04 Å². The van der Waals surface area contributed by atoms with Crippen molar-refractivity contribution in [3.8, 4) is 0 Å². The highest BCUT2D eigenvalue weighted by molar-refractivity contribution is 5.78. The van der Waals surface area contributed by atoms with Gasteiger partial charge in [0.05, 0.1) is 6.61 Å². The van der Waals surface area contributed by atoms with E-state index in [1.165, 1.54) is 0 Å². The fourth-order valence-electron chi connectivity index (χ4n) is 1.72. The van der Waals surface area contributed by atoms with E-state index in [0.29, 0.717) is 12.8 Å². The largest absolute Gasteiger partial charge is 0.492 e. The van der Waals surface area contributed by atoms with Crippen molar-refractivity contribution < 1.29 is 32.3 Å². The Labute approximate surface area is 102 Å². The summed E-state index contributed by atoms with van der Waals surface area (Å²) in [5.41, 5.74) is 0. The summed E-state index contributed by atoms with van der Waals surface area (Å²) < 4.78 is 41.0. The maximum atomic E-state index is 12.1. The van der Waals surface area contributed by atoms with E-state index < -0.39 is 30.2 Å². The second kappa shape index (κ2) is 5.55. The van der Waals surface area contributed by atoms with E-state index >= 15 is 0 Å². The minimum Gasteiger partial charge on any atom is -0.465 e. The third-order valence-corrected chi connectivity index (χ3v) is 2.58. The van der Waals surface area contributed by atoms with Crippen LogP contribution in [0.2, 0.25) is 0 Å². The summed E-state index contributed by atoms with van der Waals surface area (Å²) in [5.74, 6) is -3.01. The summed E-state index contributed by atoms with van der Waals surface area (Å²) in [6.07, 6.45) is -4.33. The summed E-state index contributed by atoms with van der Waals surface area (Å²) in [7, 11) is 0. The number of carbonyl (C=O) groups excluding carboxylic acids is 2. The van der Waals surface area contributed by atoms with Crippen LogP contribution in [-0.4, -0.2) is 41.9 Å². The Bertz CT molecular complexity index is 332. The molecule has 0 radical (unpaired) electrons. The summed E-state index contributed by atoms with van der Waals surface area (Å²) >= 11 is 0. The lowest BCUT2D eigenvalue weighted by Gasteiger charge is -2.25. The molecule has 0 aromatic carbocycles. The Morgan fingerprint density at radius 2 is 1.94 bits per heavy atom. The highest BCUT2D eigenvalue weighted by Crippen LogP contribution is 2.27. The predicted octanol–water partition coefficient (Wildman–Crippen LogP) is 1.42. The van der Waals surface area contributed by atoms with E-state index in [2.05, 4.69) is 4.84 Å². The van der Waals surface area contributed by atoms with Crippen molar-refractivity contribution in [3.05, 3.63) is 0 Å². The molecule has 1 fully saturated rings. The normalized spacial score (nSPS) is 24.9. The summed E-state index contributed by atoms with van der Waals surface area (Å²) in [4.78, 5) is 26.5. The van der Waals surface area contributed by atoms with Crippen molar-refractivity contribution in [2.24, 2.45) is 0 Å². The average molecular weight is 269 g/mol. The first kappa shape index (κ1) is 14.7. The lowest BCUT2D eigenvalue weighted by Crippen LogP contribution is -2.44. The van der Waals surface area contributed by atoms with Crippen LogP contribution < -0.4 is 0 Å². The third kappa shape index (κ3) is 3.34. The zero-order chi connectivity index (χ0) is 13.9. The average Bonchev–Trinajstić information content (AvgIpc) is 2.59. The van der Waals surface area contributed by atoms with Crippen molar-refractivity contribution in [1.82, 2.24) is 5.06 Å². The van der Waals surface area contributed by atoms with Crippen molar-refractivity contribution >= 4 is 11.9 Å². The number of ether oxygens (including phenoxy) is 1. The quantitative estimate of drug-likeness (QED) is 0.725. The zero-order valence-corrected chi connectivity index (χ0v) is 9.99. The predicted molar refractivity (Wildman–Crippen MR) is 53.1 cm³/mol. The van der Waals surface area contributed by atoms with E-state index in [4.69, 9.17) is 4.74 Å². The summed E-state index contributed by atoms with van der Waals surface area (Å²) in [6, 6.07) is -1.42. The van der Waals surface area contributed by atoms with E-state index in [0.717, 1.165) is 5.06 Å². The molecule has 8 heteroatoms. The molecule has 0 aromatic rings. The lowest BCUT2D eigenvalue weighted by atomic mass is 10.2. The van der Waals surface area contributed by atoms with Crippen molar-refractivity contribution in [2.75, 3.05) is 6.61 Å². The Morgan fingerprint density at radius 3 is 2.44 bits per heavy atom. The first-order valence-corrected chi connectivity index (χ1v) is 5.51. The number of esters is 1. The van der Waals surface area contributed by atoms with Crippen LogP contribution in [-0.2, 0) is 19.2 Å². The molecule has 104 valence electrons. The summed E-state index contributed by atoms with van der Waals surface area (Å²) in [5, 5.41) is 0.772. The zero-order valence-electron chi connectivity index (χ0n) is 9.99. The van der Waals surface area contributed by atoms with Crippen LogP contribution >= 0.6 is 0 Å². The fraction of sp³-hybridized carbons (Fsp3) is 0.800. The molecule has 0 N–H and O–H groups in total. The molecule has 0 aliphatic carbocycles. The van der Waals surface area contributed by atoms with Gasteiger partial charge in [0.2, 0.25) is 0 Å². The van der Waals surface area contributed by atoms with E-state index in [1.807, 2.05) is 0 Å². The third-order valence-electron chi connectivity index (χ3n) is 2.58. The van der Waals surface area contributed by atoms with Crippen LogP contribution in [0.1, 0.15) is 26.7 Å². The van der Waals surface area contributed by atoms with Crippen LogP contribution in [0, 0.1) is 0 Å². The van der Waals surface area contributed by atoms with Gasteiger partial charge in [-0.05, 0) is 26.7 Å². The van der Waals surface area contributed by atoms with Gasteiger partial charge in [0.15, 0.2) is 0 Å². The van der Waals surface area contributed by atoms with Gasteiger partial charge >= 0.3 is 18.1 Å². The van der Waals surface area contributed by atoms with Gasteiger partial charge in [-0.1, -0.05) is 0 Å². The minimum absolute atomic E-state index is 0.116. The molecule has 0 spiro atoms. The number of hydroxylamine groups is 2. The standard InChI is InChI=1S/C10H14F3NO4/c1-3-17-8(15)7-5-4-6(2)14(7)18-9(16)10(11,12)13/h6-7H,3-5H2,1-2H3. The van der Waals surface area contributed by atoms with E-state index in [9.17, 15) is 22.8 Å². The molecule has 0 bridgehead atoms. The number of hydrogen-bond donors (Lipinski definition) is 0. The first-order chi connectivity index (χ1) is 8.27. The van der Waals surface area contributed by atoms with Gasteiger partial charge in [-0.15, -0.1) is 5.06 Å². The molecule has 0 aromatic heterocycles. The molecule has 2 unspecified atom stereocenters. The van der Waals surface area contributed by atoms with Crippen LogP contribution in [0.25, 0.3) is 0 Å². The van der Waals surface area contributed by atoms with E-state index in [-0.39, 0.29) is 6.61 Å². The number of halogens is 3. The van der Waals surface area contributed by atoms with Crippen molar-refractivity contribution in [2.45, 2.75) is 44.9 Å². The molecule has 0 amide bonds.